The fourth-order valence-electron chi connectivity index (χ4n) is 2.39. The Morgan fingerprint density at radius 3 is 2.56 bits per heavy atom. The Balaban J connectivity index is 1.58. The molecule has 0 atom stereocenters. The van der Waals surface area contributed by atoms with Crippen LogP contribution in [0.5, 0.6) is 23.3 Å². The van der Waals surface area contributed by atoms with E-state index in [1.54, 1.807) is 18.2 Å². The predicted molar refractivity (Wildman–Crippen MR) is 93.1 cm³/mol. The van der Waals surface area contributed by atoms with Crippen molar-refractivity contribution in [1.82, 2.24) is 4.73 Å². The number of hydrogen-bond donors (Lipinski definition) is 2. The summed E-state index contributed by atoms with van der Waals surface area (Å²) in [5.41, 5.74) is -0.117. The second-order valence-electron chi connectivity index (χ2n) is 5.55. The van der Waals surface area contributed by atoms with E-state index in [4.69, 9.17) is 18.7 Å². The summed E-state index contributed by atoms with van der Waals surface area (Å²) in [5, 5.41) is 19.5. The molecule has 0 fully saturated rings. The third-order valence-corrected chi connectivity index (χ3v) is 3.68. The minimum atomic E-state index is -0.656. The smallest absolute Gasteiger partial charge is 0.336 e. The van der Waals surface area contributed by atoms with Crippen molar-refractivity contribution in [1.29, 1.82) is 0 Å². The van der Waals surface area contributed by atoms with Gasteiger partial charge in [0.15, 0.2) is 11.5 Å². The number of aromatic hydroxyl groups is 2. The van der Waals surface area contributed by atoms with Gasteiger partial charge in [-0.25, -0.2) is 9.59 Å². The Bertz CT molecular complexity index is 1000. The van der Waals surface area contributed by atoms with E-state index >= 15 is 0 Å². The van der Waals surface area contributed by atoms with Crippen LogP contribution >= 0.6 is 0 Å². The number of carbonyl (C=O) groups excluding carboxylic acids is 1. The van der Waals surface area contributed by atoms with Gasteiger partial charge in [-0.1, -0.05) is 0 Å². The Labute approximate surface area is 152 Å². The molecule has 0 spiro atoms. The Kier molecular flexibility index (Phi) is 5.20. The first-order valence-corrected chi connectivity index (χ1v) is 8.03. The first-order chi connectivity index (χ1) is 13.0. The molecule has 0 aliphatic carbocycles. The van der Waals surface area contributed by atoms with Crippen LogP contribution in [0.25, 0.3) is 11.0 Å². The Hall–Kier alpha value is -3.62. The lowest BCUT2D eigenvalue weighted by Crippen LogP contribution is -2.19. The molecule has 0 unspecified atom stereocenters. The van der Waals surface area contributed by atoms with Crippen molar-refractivity contribution < 1.29 is 33.7 Å². The third-order valence-electron chi connectivity index (χ3n) is 3.68. The largest absolute Gasteiger partial charge is 0.493 e. The van der Waals surface area contributed by atoms with E-state index in [0.717, 1.165) is 0 Å². The molecule has 2 aromatic heterocycles. The molecule has 0 amide bonds. The van der Waals surface area contributed by atoms with E-state index in [0.29, 0.717) is 33.6 Å². The standard InChI is InChI=1S/C18H17NO8/c1-24-13-9-11-4-7-17(22)26-12(11)10-14(13)25-8-2-3-18(23)27-19-15(20)5-6-16(19)21/h4-7,9-10,20-21H,2-3,8H2,1H3. The summed E-state index contributed by atoms with van der Waals surface area (Å²) in [4.78, 5) is 27.9. The molecule has 3 rings (SSSR count). The zero-order chi connectivity index (χ0) is 19.4. The summed E-state index contributed by atoms with van der Waals surface area (Å²) >= 11 is 0. The minimum Gasteiger partial charge on any atom is -0.493 e. The van der Waals surface area contributed by atoms with E-state index in [1.807, 2.05) is 0 Å². The van der Waals surface area contributed by atoms with E-state index in [2.05, 4.69) is 0 Å². The molecule has 9 nitrogen and oxygen atoms in total. The summed E-state index contributed by atoms with van der Waals surface area (Å²) in [6.07, 6.45) is 0.295. The van der Waals surface area contributed by atoms with Gasteiger partial charge >= 0.3 is 11.6 Å². The van der Waals surface area contributed by atoms with Crippen LogP contribution in [0.4, 0.5) is 0 Å². The van der Waals surface area contributed by atoms with Gasteiger partial charge in [0.1, 0.15) is 5.58 Å². The van der Waals surface area contributed by atoms with Crippen molar-refractivity contribution in [2.24, 2.45) is 0 Å². The molecule has 142 valence electrons. The quantitative estimate of drug-likeness (QED) is 0.474. The summed E-state index contributed by atoms with van der Waals surface area (Å²) in [5.74, 6) is -0.606. The van der Waals surface area contributed by atoms with E-state index < -0.39 is 11.6 Å². The highest BCUT2D eigenvalue weighted by Gasteiger charge is 2.13. The monoisotopic (exact) mass is 375 g/mol. The number of fused-ring (bicyclic) bond motifs is 1. The highest BCUT2D eigenvalue weighted by Crippen LogP contribution is 2.32. The Morgan fingerprint density at radius 1 is 1.11 bits per heavy atom. The molecule has 2 N–H and O–H groups in total. The van der Waals surface area contributed by atoms with Gasteiger partial charge in [-0.05, 0) is 18.6 Å². The lowest BCUT2D eigenvalue weighted by atomic mass is 10.2. The lowest BCUT2D eigenvalue weighted by Gasteiger charge is -2.11. The van der Waals surface area contributed by atoms with Gasteiger partial charge in [0.25, 0.3) is 0 Å². The molecule has 1 aromatic carbocycles. The van der Waals surface area contributed by atoms with Gasteiger partial charge in [0.2, 0.25) is 11.8 Å². The molecule has 0 aliphatic rings. The molecular formula is C18H17NO8. The van der Waals surface area contributed by atoms with Crippen LogP contribution < -0.4 is 19.9 Å². The van der Waals surface area contributed by atoms with Gasteiger partial charge < -0.3 is 28.9 Å². The molecule has 3 aromatic rings. The zero-order valence-electron chi connectivity index (χ0n) is 14.4. The topological polar surface area (TPSA) is 120 Å². The van der Waals surface area contributed by atoms with Crippen molar-refractivity contribution in [3.63, 3.8) is 0 Å². The van der Waals surface area contributed by atoms with Gasteiger partial charge in [-0.15, -0.1) is 4.73 Å². The fraction of sp³-hybridized carbons (Fsp3) is 0.222. The molecule has 2 heterocycles. The average molecular weight is 375 g/mol. The minimum absolute atomic E-state index is 0.0119. The highest BCUT2D eigenvalue weighted by atomic mass is 16.7. The van der Waals surface area contributed by atoms with Gasteiger partial charge in [0, 0.05) is 29.7 Å². The number of carbonyl (C=O) groups is 1. The predicted octanol–water partition coefficient (Wildman–Crippen LogP) is 1.83. The maximum atomic E-state index is 11.8. The molecule has 0 saturated heterocycles. The summed E-state index contributed by atoms with van der Waals surface area (Å²) in [6, 6.07) is 8.54. The summed E-state index contributed by atoms with van der Waals surface area (Å²) < 4.78 is 16.6. The molecule has 0 radical (unpaired) electrons. The summed E-state index contributed by atoms with van der Waals surface area (Å²) in [6.45, 7) is 0.164. The second kappa shape index (κ2) is 7.73. The fourth-order valence-corrected chi connectivity index (χ4v) is 2.39. The van der Waals surface area contributed by atoms with E-state index in [-0.39, 0.29) is 24.8 Å². The van der Waals surface area contributed by atoms with Crippen LogP contribution in [0.15, 0.2) is 45.6 Å². The van der Waals surface area contributed by atoms with Crippen LogP contribution in [0.3, 0.4) is 0 Å². The SMILES string of the molecule is COc1cc2ccc(=O)oc2cc1OCCCC(=O)On1c(O)ccc1O. The van der Waals surface area contributed by atoms with Crippen LogP contribution in [0.2, 0.25) is 0 Å². The van der Waals surface area contributed by atoms with Crippen molar-refractivity contribution in [2.45, 2.75) is 12.8 Å². The number of nitrogens with zero attached hydrogens (tertiary/aromatic N) is 1. The first kappa shape index (κ1) is 18.2. The number of hydrogen-bond acceptors (Lipinski definition) is 8. The average Bonchev–Trinajstić information content (AvgIpc) is 2.96. The Morgan fingerprint density at radius 2 is 1.85 bits per heavy atom. The summed E-state index contributed by atoms with van der Waals surface area (Å²) in [7, 11) is 1.49. The number of ether oxygens (including phenoxy) is 2. The van der Waals surface area contributed by atoms with Crippen LogP contribution in [-0.2, 0) is 4.79 Å². The molecule has 27 heavy (non-hydrogen) atoms. The number of benzene rings is 1. The van der Waals surface area contributed by atoms with Crippen molar-refractivity contribution in [2.75, 3.05) is 13.7 Å². The first-order valence-electron chi connectivity index (χ1n) is 8.03. The highest BCUT2D eigenvalue weighted by molar-refractivity contribution is 5.80. The molecule has 0 saturated carbocycles. The normalized spacial score (nSPS) is 10.7. The number of aromatic nitrogens is 1. The zero-order valence-corrected chi connectivity index (χ0v) is 14.4. The number of methoxy groups -OCH3 is 1. The van der Waals surface area contributed by atoms with Gasteiger partial charge in [-0.2, -0.15) is 0 Å². The third kappa shape index (κ3) is 4.14. The van der Waals surface area contributed by atoms with Crippen molar-refractivity contribution in [3.8, 4) is 23.3 Å². The van der Waals surface area contributed by atoms with Gasteiger partial charge in [-0.3, -0.25) is 0 Å². The molecule has 0 aliphatic heterocycles. The molecular weight excluding hydrogens is 358 g/mol. The van der Waals surface area contributed by atoms with Crippen LogP contribution in [-0.4, -0.2) is 34.6 Å². The number of rotatable bonds is 7. The van der Waals surface area contributed by atoms with E-state index in [1.165, 1.54) is 25.3 Å². The second-order valence-corrected chi connectivity index (χ2v) is 5.55. The van der Waals surface area contributed by atoms with Crippen molar-refractivity contribution >= 4 is 16.9 Å². The maximum Gasteiger partial charge on any atom is 0.336 e. The maximum absolute atomic E-state index is 11.8. The lowest BCUT2D eigenvalue weighted by molar-refractivity contribution is -0.145. The van der Waals surface area contributed by atoms with E-state index in [9.17, 15) is 19.8 Å². The van der Waals surface area contributed by atoms with Crippen LogP contribution in [0, 0.1) is 0 Å². The van der Waals surface area contributed by atoms with Crippen LogP contribution in [0.1, 0.15) is 12.8 Å². The van der Waals surface area contributed by atoms with Gasteiger partial charge in [0.05, 0.1) is 20.1 Å². The van der Waals surface area contributed by atoms with Crippen molar-refractivity contribution in [3.05, 3.63) is 46.8 Å². The molecule has 0 bridgehead atoms. The molecule has 9 heteroatoms.